The van der Waals surface area contributed by atoms with Gasteiger partial charge in [0.05, 0.1) is 5.69 Å². The molecule has 0 saturated carbocycles. The van der Waals surface area contributed by atoms with Crippen molar-refractivity contribution >= 4 is 17.6 Å². The van der Waals surface area contributed by atoms with Gasteiger partial charge in [0.2, 0.25) is 0 Å². The summed E-state index contributed by atoms with van der Waals surface area (Å²) >= 11 is 0. The molecule has 1 fully saturated rings. The zero-order valence-corrected chi connectivity index (χ0v) is 10.8. The molecule has 1 saturated heterocycles. The summed E-state index contributed by atoms with van der Waals surface area (Å²) in [7, 11) is 0. The van der Waals surface area contributed by atoms with E-state index in [1.54, 1.807) is 0 Å². The van der Waals surface area contributed by atoms with Gasteiger partial charge in [0.1, 0.15) is 12.3 Å². The van der Waals surface area contributed by atoms with Gasteiger partial charge in [-0.25, -0.2) is 9.69 Å². The quantitative estimate of drug-likeness (QED) is 0.634. The van der Waals surface area contributed by atoms with Crippen molar-refractivity contribution in [2.45, 2.75) is 6.36 Å². The molecule has 0 bridgehead atoms. The predicted molar refractivity (Wildman–Crippen MR) is 67.8 cm³/mol. The van der Waals surface area contributed by atoms with Crippen molar-refractivity contribution in [3.8, 4) is 5.75 Å². The summed E-state index contributed by atoms with van der Waals surface area (Å²) in [6.07, 6.45) is -3.31. The van der Waals surface area contributed by atoms with Crippen LogP contribution in [0.25, 0.3) is 0 Å². The summed E-state index contributed by atoms with van der Waals surface area (Å²) in [4.78, 5) is 26.0. The second-order valence-corrected chi connectivity index (χ2v) is 4.22. The number of ether oxygens (including phenoxy) is 1. The third-order valence-electron chi connectivity index (χ3n) is 2.72. The number of amides is 3. The highest BCUT2D eigenvalue weighted by Crippen LogP contribution is 2.27. The molecule has 0 N–H and O–H groups in total. The zero-order chi connectivity index (χ0) is 15.6. The summed E-state index contributed by atoms with van der Waals surface area (Å²) in [5.41, 5.74) is 0.186. The van der Waals surface area contributed by atoms with Gasteiger partial charge in [-0.15, -0.1) is 19.8 Å². The average Bonchev–Trinajstić information content (AvgIpc) is 2.65. The van der Waals surface area contributed by atoms with E-state index in [0.29, 0.717) is 0 Å². The number of imide groups is 1. The molecular weight excluding hydrogens is 289 g/mol. The van der Waals surface area contributed by atoms with Crippen LogP contribution in [-0.2, 0) is 4.79 Å². The lowest BCUT2D eigenvalue weighted by Gasteiger charge is -2.16. The lowest BCUT2D eigenvalue weighted by atomic mass is 10.3. The van der Waals surface area contributed by atoms with Crippen molar-refractivity contribution < 1.29 is 27.5 Å². The molecule has 1 aliphatic rings. The summed E-state index contributed by atoms with van der Waals surface area (Å²) < 4.78 is 39.9. The zero-order valence-electron chi connectivity index (χ0n) is 10.8. The van der Waals surface area contributed by atoms with Crippen LogP contribution >= 0.6 is 0 Å². The van der Waals surface area contributed by atoms with E-state index >= 15 is 0 Å². The Morgan fingerprint density at radius 2 is 1.86 bits per heavy atom. The summed E-state index contributed by atoms with van der Waals surface area (Å²) in [6, 6.07) is 3.98. The van der Waals surface area contributed by atoms with E-state index < -0.39 is 24.1 Å². The molecule has 1 aromatic carbocycles. The Hall–Kier alpha value is -2.51. The van der Waals surface area contributed by atoms with Gasteiger partial charge in [0, 0.05) is 6.54 Å². The first-order chi connectivity index (χ1) is 9.81. The molecule has 0 aromatic heterocycles. The highest BCUT2D eigenvalue weighted by molar-refractivity contribution is 6.19. The fraction of sp³-hybridized carbons (Fsp3) is 0.231. The number of alkyl halides is 3. The second-order valence-electron chi connectivity index (χ2n) is 4.22. The van der Waals surface area contributed by atoms with E-state index in [0.717, 1.165) is 17.0 Å². The van der Waals surface area contributed by atoms with Crippen LogP contribution < -0.4 is 9.64 Å². The highest BCUT2D eigenvalue weighted by Gasteiger charge is 2.36. The van der Waals surface area contributed by atoms with Crippen LogP contribution in [-0.4, -0.2) is 36.3 Å². The Morgan fingerprint density at radius 3 is 2.38 bits per heavy atom. The molecule has 5 nitrogen and oxygen atoms in total. The Balaban J connectivity index is 2.17. The minimum atomic E-state index is -4.79. The molecule has 0 spiro atoms. The van der Waals surface area contributed by atoms with E-state index in [9.17, 15) is 22.8 Å². The number of hydrogen-bond acceptors (Lipinski definition) is 3. The van der Waals surface area contributed by atoms with E-state index in [1.165, 1.54) is 23.1 Å². The maximum Gasteiger partial charge on any atom is 0.573 e. The largest absolute Gasteiger partial charge is 0.573 e. The third-order valence-corrected chi connectivity index (χ3v) is 2.72. The standard InChI is InChI=1S/C13H11F3N2O3/c1-2-7-17-8-11(19)18(12(17)20)9-3-5-10(6-4-9)21-13(14,15)16/h2-6H,1,7-8H2. The predicted octanol–water partition coefficient (Wildman–Crippen LogP) is 2.54. The molecule has 0 unspecified atom stereocenters. The Bertz CT molecular complexity index is 569. The molecule has 0 aliphatic carbocycles. The molecule has 0 atom stereocenters. The first-order valence-electron chi connectivity index (χ1n) is 5.90. The van der Waals surface area contributed by atoms with Gasteiger partial charge >= 0.3 is 12.4 Å². The van der Waals surface area contributed by atoms with Gasteiger partial charge in [-0.3, -0.25) is 4.79 Å². The number of anilines is 1. The fourth-order valence-corrected chi connectivity index (χ4v) is 1.90. The monoisotopic (exact) mass is 300 g/mol. The molecule has 21 heavy (non-hydrogen) atoms. The number of benzene rings is 1. The van der Waals surface area contributed by atoms with Crippen molar-refractivity contribution in [3.63, 3.8) is 0 Å². The van der Waals surface area contributed by atoms with Crippen LogP contribution in [0.1, 0.15) is 0 Å². The molecule has 0 radical (unpaired) electrons. The average molecular weight is 300 g/mol. The SMILES string of the molecule is C=CCN1CC(=O)N(c2ccc(OC(F)(F)F)cc2)C1=O. The van der Waals surface area contributed by atoms with Crippen molar-refractivity contribution in [2.24, 2.45) is 0 Å². The molecule has 3 amide bonds. The van der Waals surface area contributed by atoms with Gasteiger partial charge in [-0.1, -0.05) is 6.08 Å². The third kappa shape index (κ3) is 3.33. The Kier molecular flexibility index (Phi) is 3.88. The van der Waals surface area contributed by atoms with Gasteiger partial charge < -0.3 is 9.64 Å². The maximum absolute atomic E-state index is 12.0. The lowest BCUT2D eigenvalue weighted by Crippen LogP contribution is -2.33. The minimum Gasteiger partial charge on any atom is -0.406 e. The van der Waals surface area contributed by atoms with E-state index in [2.05, 4.69) is 11.3 Å². The Morgan fingerprint density at radius 1 is 1.24 bits per heavy atom. The number of rotatable bonds is 4. The topological polar surface area (TPSA) is 49.9 Å². The molecule has 1 aromatic rings. The van der Waals surface area contributed by atoms with Crippen molar-refractivity contribution in [1.29, 1.82) is 0 Å². The van der Waals surface area contributed by atoms with Gasteiger partial charge in [-0.2, -0.15) is 0 Å². The van der Waals surface area contributed by atoms with E-state index in [1.807, 2.05) is 0 Å². The molecule has 1 heterocycles. The van der Waals surface area contributed by atoms with Gasteiger partial charge in [0.25, 0.3) is 5.91 Å². The van der Waals surface area contributed by atoms with E-state index in [-0.39, 0.29) is 18.8 Å². The number of urea groups is 1. The molecule has 8 heteroatoms. The van der Waals surface area contributed by atoms with Crippen molar-refractivity contribution in [2.75, 3.05) is 18.0 Å². The number of hydrogen-bond donors (Lipinski definition) is 0. The van der Waals surface area contributed by atoms with Crippen LogP contribution in [0.4, 0.5) is 23.7 Å². The van der Waals surface area contributed by atoms with Crippen LogP contribution in [0.3, 0.4) is 0 Å². The normalized spacial score (nSPS) is 15.6. The number of halogens is 3. The van der Waals surface area contributed by atoms with Gasteiger partial charge in [0.15, 0.2) is 0 Å². The molecular formula is C13H11F3N2O3. The van der Waals surface area contributed by atoms with Crippen molar-refractivity contribution in [3.05, 3.63) is 36.9 Å². The summed E-state index contributed by atoms with van der Waals surface area (Å²) in [5.74, 6) is -0.875. The first kappa shape index (κ1) is 14.9. The lowest BCUT2D eigenvalue weighted by molar-refractivity contribution is -0.274. The molecule has 1 aliphatic heterocycles. The maximum atomic E-state index is 12.0. The Labute approximate surface area is 118 Å². The fourth-order valence-electron chi connectivity index (χ4n) is 1.90. The van der Waals surface area contributed by atoms with Crippen LogP contribution in [0, 0.1) is 0 Å². The number of carbonyl (C=O) groups excluding carboxylic acids is 2. The summed E-state index contributed by atoms with van der Waals surface area (Å²) in [6.45, 7) is 3.61. The molecule has 2 rings (SSSR count). The highest BCUT2D eigenvalue weighted by atomic mass is 19.4. The van der Waals surface area contributed by atoms with Gasteiger partial charge in [-0.05, 0) is 24.3 Å². The van der Waals surface area contributed by atoms with Crippen LogP contribution in [0.2, 0.25) is 0 Å². The van der Waals surface area contributed by atoms with Crippen molar-refractivity contribution in [1.82, 2.24) is 4.90 Å². The number of nitrogens with zero attached hydrogens (tertiary/aromatic N) is 2. The minimum absolute atomic E-state index is 0.0916. The molecule has 112 valence electrons. The van der Waals surface area contributed by atoms with Crippen LogP contribution in [0.5, 0.6) is 5.75 Å². The first-order valence-corrected chi connectivity index (χ1v) is 5.90. The smallest absolute Gasteiger partial charge is 0.406 e. The van der Waals surface area contributed by atoms with E-state index in [4.69, 9.17) is 0 Å². The number of carbonyl (C=O) groups is 2. The van der Waals surface area contributed by atoms with Crippen LogP contribution in [0.15, 0.2) is 36.9 Å². The summed E-state index contributed by atoms with van der Waals surface area (Å²) in [5, 5.41) is 0. The second kappa shape index (κ2) is 5.47.